The van der Waals surface area contributed by atoms with E-state index in [4.69, 9.17) is 0 Å². The van der Waals surface area contributed by atoms with Gasteiger partial charge in [-0.15, -0.1) is 0 Å². The number of benzene rings is 1. The third kappa shape index (κ3) is 1.50. The lowest BCUT2D eigenvalue weighted by atomic mass is 10.0. The molecule has 0 aliphatic rings. The van der Waals surface area contributed by atoms with Gasteiger partial charge < -0.3 is 0 Å². The van der Waals surface area contributed by atoms with Gasteiger partial charge in [-0.3, -0.25) is 4.98 Å². The lowest BCUT2D eigenvalue weighted by Gasteiger charge is -2.05. The maximum Gasteiger partial charge on any atom is 0.0731 e. The molecule has 1 heterocycles. The summed E-state index contributed by atoms with van der Waals surface area (Å²) in [5.41, 5.74) is 5.03. The highest BCUT2D eigenvalue weighted by atomic mass is 14.7. The first-order valence-electron chi connectivity index (χ1n) is 5.06. The van der Waals surface area contributed by atoms with E-state index in [-0.39, 0.29) is 0 Å². The van der Waals surface area contributed by atoms with E-state index in [2.05, 4.69) is 44.0 Å². The van der Waals surface area contributed by atoms with Gasteiger partial charge in [0.25, 0.3) is 0 Å². The smallest absolute Gasteiger partial charge is 0.0731 e. The van der Waals surface area contributed by atoms with Gasteiger partial charge in [0, 0.05) is 11.6 Å². The van der Waals surface area contributed by atoms with Gasteiger partial charge in [-0.1, -0.05) is 13.0 Å². The van der Waals surface area contributed by atoms with Gasteiger partial charge in [0.15, 0.2) is 0 Å². The van der Waals surface area contributed by atoms with E-state index in [0.29, 0.717) is 0 Å². The molecular weight excluding hydrogens is 170 g/mol. The molecule has 0 bridgehead atoms. The number of nitrogens with zero attached hydrogens (tertiary/aromatic N) is 1. The molecule has 72 valence electrons. The molecule has 2 aromatic rings. The second kappa shape index (κ2) is 3.41. The van der Waals surface area contributed by atoms with E-state index < -0.39 is 0 Å². The summed E-state index contributed by atoms with van der Waals surface area (Å²) in [4.78, 5) is 4.46. The molecule has 1 aromatic heterocycles. The molecule has 0 unspecified atom stereocenters. The maximum absolute atomic E-state index is 4.46. The number of hydrogen-bond donors (Lipinski definition) is 0. The van der Waals surface area contributed by atoms with Crippen molar-refractivity contribution in [3.8, 4) is 0 Å². The molecule has 0 saturated carbocycles. The first kappa shape index (κ1) is 9.20. The van der Waals surface area contributed by atoms with Crippen molar-refractivity contribution in [2.45, 2.75) is 27.2 Å². The zero-order valence-corrected chi connectivity index (χ0v) is 8.96. The Morgan fingerprint density at radius 2 is 1.93 bits per heavy atom. The first-order valence-corrected chi connectivity index (χ1v) is 5.06. The Morgan fingerprint density at radius 3 is 2.64 bits per heavy atom. The average molecular weight is 185 g/mol. The van der Waals surface area contributed by atoms with Gasteiger partial charge in [-0.05, 0) is 49.1 Å². The Labute approximate surface area is 84.8 Å². The number of aromatic nitrogens is 1. The van der Waals surface area contributed by atoms with Gasteiger partial charge in [-0.2, -0.15) is 0 Å². The zero-order chi connectivity index (χ0) is 10.1. The summed E-state index contributed by atoms with van der Waals surface area (Å²) in [6.07, 6.45) is 3.02. The van der Waals surface area contributed by atoms with Crippen LogP contribution in [0.15, 0.2) is 24.4 Å². The fourth-order valence-corrected chi connectivity index (χ4v) is 1.82. The van der Waals surface area contributed by atoms with Gasteiger partial charge in [0.05, 0.1) is 5.52 Å². The summed E-state index contributed by atoms with van der Waals surface area (Å²) in [7, 11) is 0. The van der Waals surface area contributed by atoms with Crippen LogP contribution in [0.5, 0.6) is 0 Å². The molecule has 2 rings (SSSR count). The van der Waals surface area contributed by atoms with Gasteiger partial charge in [0.2, 0.25) is 0 Å². The van der Waals surface area contributed by atoms with Crippen molar-refractivity contribution in [1.29, 1.82) is 0 Å². The monoisotopic (exact) mass is 185 g/mol. The normalized spacial score (nSPS) is 10.8. The van der Waals surface area contributed by atoms with Crippen LogP contribution in [0.4, 0.5) is 0 Å². The van der Waals surface area contributed by atoms with Crippen LogP contribution in [0, 0.1) is 13.8 Å². The van der Waals surface area contributed by atoms with E-state index in [9.17, 15) is 0 Å². The highest BCUT2D eigenvalue weighted by Crippen LogP contribution is 2.19. The van der Waals surface area contributed by atoms with E-state index in [1.165, 1.54) is 22.1 Å². The highest BCUT2D eigenvalue weighted by Gasteiger charge is 2.01. The fraction of sp³-hybridized carbons (Fsp3) is 0.308. The molecule has 0 N–H and O–H groups in total. The fourth-order valence-electron chi connectivity index (χ4n) is 1.82. The Hall–Kier alpha value is -1.37. The minimum absolute atomic E-state index is 1.09. The molecule has 0 atom stereocenters. The number of fused-ring (bicyclic) bond motifs is 1. The molecule has 0 amide bonds. The van der Waals surface area contributed by atoms with E-state index in [1.54, 1.807) is 0 Å². The number of pyridine rings is 1. The second-order valence-electron chi connectivity index (χ2n) is 3.85. The predicted octanol–water partition coefficient (Wildman–Crippen LogP) is 3.41. The van der Waals surface area contributed by atoms with Crippen molar-refractivity contribution in [1.82, 2.24) is 4.98 Å². The molecule has 0 aliphatic carbocycles. The van der Waals surface area contributed by atoms with E-state index >= 15 is 0 Å². The molecule has 0 saturated heterocycles. The largest absolute Gasteiger partial charge is 0.256 e. The molecule has 0 spiro atoms. The van der Waals surface area contributed by atoms with Crippen LogP contribution >= 0.6 is 0 Å². The van der Waals surface area contributed by atoms with Crippen LogP contribution in [0.25, 0.3) is 10.9 Å². The third-order valence-corrected chi connectivity index (χ3v) is 2.58. The predicted molar refractivity (Wildman–Crippen MR) is 60.6 cm³/mol. The molecule has 1 heteroatoms. The van der Waals surface area contributed by atoms with Crippen molar-refractivity contribution in [3.63, 3.8) is 0 Å². The molecule has 0 radical (unpaired) electrons. The van der Waals surface area contributed by atoms with Crippen molar-refractivity contribution >= 4 is 10.9 Å². The first-order chi connectivity index (χ1) is 6.70. The minimum atomic E-state index is 1.09. The maximum atomic E-state index is 4.46. The molecule has 0 aliphatic heterocycles. The average Bonchev–Trinajstić information content (AvgIpc) is 2.16. The molecule has 1 nitrogen and oxygen atoms in total. The van der Waals surface area contributed by atoms with Crippen molar-refractivity contribution in [2.24, 2.45) is 0 Å². The second-order valence-corrected chi connectivity index (χ2v) is 3.85. The van der Waals surface area contributed by atoms with Gasteiger partial charge >= 0.3 is 0 Å². The summed E-state index contributed by atoms with van der Waals surface area (Å²) in [6, 6.07) is 6.67. The van der Waals surface area contributed by atoms with Gasteiger partial charge in [-0.25, -0.2) is 0 Å². The SMILES string of the molecule is CCc1cc(C)c2ncc(C)cc2c1. The van der Waals surface area contributed by atoms with E-state index in [1.807, 2.05) is 6.20 Å². The third-order valence-electron chi connectivity index (χ3n) is 2.58. The standard InChI is InChI=1S/C13H15N/c1-4-11-6-10(3)13-12(7-11)5-9(2)8-14-13/h5-8H,4H2,1-3H3. The Morgan fingerprint density at radius 1 is 1.14 bits per heavy atom. The molecule has 0 fully saturated rings. The highest BCUT2D eigenvalue weighted by molar-refractivity contribution is 5.82. The Balaban J connectivity index is 2.77. The Bertz CT molecular complexity index is 472. The lowest BCUT2D eigenvalue weighted by Crippen LogP contribution is -1.88. The topological polar surface area (TPSA) is 12.9 Å². The molecule has 14 heavy (non-hydrogen) atoms. The number of aryl methyl sites for hydroxylation is 3. The van der Waals surface area contributed by atoms with Crippen LogP contribution in [-0.4, -0.2) is 4.98 Å². The molecular formula is C13H15N. The summed E-state index contributed by atoms with van der Waals surface area (Å²) in [5.74, 6) is 0. The van der Waals surface area contributed by atoms with Crippen molar-refractivity contribution in [2.75, 3.05) is 0 Å². The number of rotatable bonds is 1. The molecule has 1 aromatic carbocycles. The van der Waals surface area contributed by atoms with Crippen LogP contribution in [0.3, 0.4) is 0 Å². The van der Waals surface area contributed by atoms with Crippen molar-refractivity contribution in [3.05, 3.63) is 41.1 Å². The van der Waals surface area contributed by atoms with Gasteiger partial charge in [0.1, 0.15) is 0 Å². The van der Waals surface area contributed by atoms with Crippen LogP contribution in [0.1, 0.15) is 23.6 Å². The van der Waals surface area contributed by atoms with Crippen molar-refractivity contribution < 1.29 is 0 Å². The summed E-state index contributed by atoms with van der Waals surface area (Å²) in [6.45, 7) is 6.40. The summed E-state index contributed by atoms with van der Waals surface area (Å²) >= 11 is 0. The number of hydrogen-bond acceptors (Lipinski definition) is 1. The Kier molecular flexibility index (Phi) is 2.24. The quantitative estimate of drug-likeness (QED) is 0.663. The van der Waals surface area contributed by atoms with E-state index in [0.717, 1.165) is 11.9 Å². The summed E-state index contributed by atoms with van der Waals surface area (Å²) < 4.78 is 0. The zero-order valence-electron chi connectivity index (χ0n) is 8.96. The lowest BCUT2D eigenvalue weighted by molar-refractivity contribution is 1.14. The van der Waals surface area contributed by atoms with Crippen LogP contribution in [0.2, 0.25) is 0 Å². The van der Waals surface area contributed by atoms with Crippen LogP contribution in [-0.2, 0) is 6.42 Å². The summed E-state index contributed by atoms with van der Waals surface area (Å²) in [5, 5.41) is 1.27. The minimum Gasteiger partial charge on any atom is -0.256 e. The van der Waals surface area contributed by atoms with Crippen LogP contribution < -0.4 is 0 Å².